The van der Waals surface area contributed by atoms with Gasteiger partial charge in [0.1, 0.15) is 5.78 Å². The van der Waals surface area contributed by atoms with Gasteiger partial charge in [-0.3, -0.25) is 9.78 Å². The van der Waals surface area contributed by atoms with Gasteiger partial charge in [-0.15, -0.1) is 0 Å². The van der Waals surface area contributed by atoms with Gasteiger partial charge in [-0.25, -0.2) is 0 Å². The molecule has 3 nitrogen and oxygen atoms in total. The highest BCUT2D eigenvalue weighted by molar-refractivity contribution is 5.87. The molecule has 0 amide bonds. The number of nitrogens with zero attached hydrogens (tertiary/aromatic N) is 1. The summed E-state index contributed by atoms with van der Waals surface area (Å²) in [6.45, 7) is 0. The quantitative estimate of drug-likeness (QED) is 0.735. The molecule has 1 aromatic heterocycles. The summed E-state index contributed by atoms with van der Waals surface area (Å²) in [6.07, 6.45) is 7.14. The van der Waals surface area contributed by atoms with Crippen LogP contribution in [0.15, 0.2) is 18.5 Å². The molecule has 2 N–H and O–H groups in total. The third kappa shape index (κ3) is 1.62. The summed E-state index contributed by atoms with van der Waals surface area (Å²) in [5, 5.41) is 0. The second-order valence-corrected chi connectivity index (χ2v) is 3.77. The number of carbonyl (C=O) groups excluding carboxylic acids is 1. The number of carbonyl (C=O) groups is 1. The van der Waals surface area contributed by atoms with Crippen LogP contribution in [0.4, 0.5) is 5.69 Å². The van der Waals surface area contributed by atoms with Gasteiger partial charge >= 0.3 is 0 Å². The fourth-order valence-electron chi connectivity index (χ4n) is 2.02. The lowest BCUT2D eigenvalue weighted by atomic mass is 9.83. The van der Waals surface area contributed by atoms with Gasteiger partial charge < -0.3 is 5.73 Å². The molecule has 0 aliphatic heterocycles. The van der Waals surface area contributed by atoms with Crippen LogP contribution < -0.4 is 5.73 Å². The van der Waals surface area contributed by atoms with Crippen molar-refractivity contribution in [3.8, 4) is 0 Å². The van der Waals surface area contributed by atoms with E-state index in [4.69, 9.17) is 5.73 Å². The summed E-state index contributed by atoms with van der Waals surface area (Å²) >= 11 is 0. The molecule has 1 aromatic rings. The molecule has 0 saturated heterocycles. The van der Waals surface area contributed by atoms with E-state index in [1.54, 1.807) is 18.5 Å². The molecule has 0 aromatic carbocycles. The summed E-state index contributed by atoms with van der Waals surface area (Å²) < 4.78 is 0. The normalized spacial score (nSPS) is 22.3. The SMILES string of the molecule is Nc1ccncc1C1CCCCC1=O. The predicted molar refractivity (Wildman–Crippen MR) is 54.9 cm³/mol. The van der Waals surface area contributed by atoms with Crippen LogP contribution in [0, 0.1) is 0 Å². The summed E-state index contributed by atoms with van der Waals surface area (Å²) in [6, 6.07) is 1.76. The number of rotatable bonds is 1. The number of hydrogen-bond donors (Lipinski definition) is 1. The van der Waals surface area contributed by atoms with E-state index in [1.165, 1.54) is 0 Å². The molecule has 1 heterocycles. The molecule has 1 saturated carbocycles. The highest BCUT2D eigenvalue weighted by atomic mass is 16.1. The van der Waals surface area contributed by atoms with E-state index in [0.717, 1.165) is 24.8 Å². The van der Waals surface area contributed by atoms with Gasteiger partial charge in [0.2, 0.25) is 0 Å². The van der Waals surface area contributed by atoms with Crippen LogP contribution in [0.1, 0.15) is 37.2 Å². The smallest absolute Gasteiger partial charge is 0.140 e. The number of ketones is 1. The lowest BCUT2D eigenvalue weighted by molar-refractivity contribution is -0.121. The zero-order valence-electron chi connectivity index (χ0n) is 8.07. The maximum Gasteiger partial charge on any atom is 0.140 e. The van der Waals surface area contributed by atoms with Crippen molar-refractivity contribution in [2.75, 3.05) is 5.73 Å². The van der Waals surface area contributed by atoms with Crippen LogP contribution in [0.2, 0.25) is 0 Å². The monoisotopic (exact) mass is 190 g/mol. The first-order valence-electron chi connectivity index (χ1n) is 5.01. The molecular weight excluding hydrogens is 176 g/mol. The van der Waals surface area contributed by atoms with Crippen LogP contribution >= 0.6 is 0 Å². The summed E-state index contributed by atoms with van der Waals surface area (Å²) in [7, 11) is 0. The van der Waals surface area contributed by atoms with Crippen molar-refractivity contribution in [2.24, 2.45) is 0 Å². The maximum absolute atomic E-state index is 11.7. The number of nitrogen functional groups attached to an aromatic ring is 1. The average molecular weight is 190 g/mol. The van der Waals surface area contributed by atoms with Gasteiger partial charge in [-0.2, -0.15) is 0 Å². The fourth-order valence-corrected chi connectivity index (χ4v) is 2.02. The second-order valence-electron chi connectivity index (χ2n) is 3.77. The highest BCUT2D eigenvalue weighted by Crippen LogP contribution is 2.32. The Morgan fingerprint density at radius 2 is 2.29 bits per heavy atom. The minimum atomic E-state index is -0.00236. The number of anilines is 1. The van der Waals surface area contributed by atoms with Gasteiger partial charge in [-0.05, 0) is 18.9 Å². The molecule has 1 aliphatic carbocycles. The first-order valence-corrected chi connectivity index (χ1v) is 5.01. The van der Waals surface area contributed by atoms with Crippen molar-refractivity contribution < 1.29 is 4.79 Å². The van der Waals surface area contributed by atoms with E-state index < -0.39 is 0 Å². The first kappa shape index (κ1) is 9.19. The number of hydrogen-bond acceptors (Lipinski definition) is 3. The molecule has 1 fully saturated rings. The summed E-state index contributed by atoms with van der Waals surface area (Å²) in [5.74, 6) is 0.313. The van der Waals surface area contributed by atoms with Crippen LogP contribution in [0.3, 0.4) is 0 Å². The standard InChI is InChI=1S/C11H14N2O/c12-10-5-6-13-7-9(10)8-3-1-2-4-11(8)14/h5-8H,1-4H2,(H2,12,13). The fraction of sp³-hybridized carbons (Fsp3) is 0.455. The minimum absolute atomic E-state index is 0.00236. The number of aromatic nitrogens is 1. The zero-order valence-corrected chi connectivity index (χ0v) is 8.07. The third-order valence-electron chi connectivity index (χ3n) is 2.82. The molecule has 1 aliphatic rings. The Morgan fingerprint density at radius 3 is 3.00 bits per heavy atom. The Balaban J connectivity index is 2.29. The van der Waals surface area contributed by atoms with Crippen LogP contribution in [0.5, 0.6) is 0 Å². The summed E-state index contributed by atoms with van der Waals surface area (Å²) in [4.78, 5) is 15.7. The number of nitrogens with two attached hydrogens (primary N) is 1. The lowest BCUT2D eigenvalue weighted by Gasteiger charge is -2.21. The Kier molecular flexibility index (Phi) is 2.48. The second kappa shape index (κ2) is 3.78. The summed E-state index contributed by atoms with van der Waals surface area (Å²) in [5.41, 5.74) is 7.43. The van der Waals surface area contributed by atoms with Gasteiger partial charge in [0, 0.05) is 36.0 Å². The van der Waals surface area contributed by atoms with Gasteiger partial charge in [0.25, 0.3) is 0 Å². The van der Waals surface area contributed by atoms with E-state index in [1.807, 2.05) is 0 Å². The number of pyridine rings is 1. The molecule has 0 radical (unpaired) electrons. The van der Waals surface area contributed by atoms with Gasteiger partial charge in [0.05, 0.1) is 0 Å². The van der Waals surface area contributed by atoms with Gasteiger partial charge in [0.15, 0.2) is 0 Å². The van der Waals surface area contributed by atoms with Crippen LogP contribution in [-0.4, -0.2) is 10.8 Å². The highest BCUT2D eigenvalue weighted by Gasteiger charge is 2.25. The number of Topliss-reactive ketones (excluding diaryl/α,β-unsaturated/α-hetero) is 1. The minimum Gasteiger partial charge on any atom is -0.398 e. The third-order valence-corrected chi connectivity index (χ3v) is 2.82. The van der Waals surface area contributed by atoms with E-state index in [0.29, 0.717) is 17.9 Å². The largest absolute Gasteiger partial charge is 0.398 e. The van der Waals surface area contributed by atoms with Crippen molar-refractivity contribution >= 4 is 11.5 Å². The average Bonchev–Trinajstić information content (AvgIpc) is 2.20. The predicted octanol–water partition coefficient (Wildman–Crippen LogP) is 1.89. The molecule has 0 spiro atoms. The maximum atomic E-state index is 11.7. The van der Waals surface area contributed by atoms with Crippen LogP contribution in [0.25, 0.3) is 0 Å². The molecule has 0 bridgehead atoms. The van der Waals surface area contributed by atoms with E-state index in [-0.39, 0.29) is 5.92 Å². The van der Waals surface area contributed by atoms with Crippen molar-refractivity contribution in [2.45, 2.75) is 31.6 Å². The Bertz CT molecular complexity index is 349. The molecule has 74 valence electrons. The van der Waals surface area contributed by atoms with E-state index >= 15 is 0 Å². The van der Waals surface area contributed by atoms with Crippen molar-refractivity contribution in [1.82, 2.24) is 4.98 Å². The topological polar surface area (TPSA) is 56.0 Å². The molecule has 14 heavy (non-hydrogen) atoms. The van der Waals surface area contributed by atoms with Crippen molar-refractivity contribution in [1.29, 1.82) is 0 Å². The Morgan fingerprint density at radius 1 is 1.43 bits per heavy atom. The molecular formula is C11H14N2O. The molecule has 1 atom stereocenters. The van der Waals surface area contributed by atoms with Crippen molar-refractivity contribution in [3.63, 3.8) is 0 Å². The Hall–Kier alpha value is -1.38. The van der Waals surface area contributed by atoms with Crippen molar-refractivity contribution in [3.05, 3.63) is 24.0 Å². The molecule has 3 heteroatoms. The van der Waals surface area contributed by atoms with Gasteiger partial charge in [-0.1, -0.05) is 6.42 Å². The van der Waals surface area contributed by atoms with Crippen LogP contribution in [-0.2, 0) is 4.79 Å². The zero-order chi connectivity index (χ0) is 9.97. The molecule has 2 rings (SSSR count). The lowest BCUT2D eigenvalue weighted by Crippen LogP contribution is -2.18. The first-order chi connectivity index (χ1) is 6.79. The van der Waals surface area contributed by atoms with E-state index in [2.05, 4.69) is 4.98 Å². The Labute approximate surface area is 83.3 Å². The molecule has 1 unspecified atom stereocenters. The van der Waals surface area contributed by atoms with E-state index in [9.17, 15) is 4.79 Å².